The number of alkyl halides is 3. The van der Waals surface area contributed by atoms with Crippen LogP contribution in [0.3, 0.4) is 0 Å². The first-order valence-electron chi connectivity index (χ1n) is 17.1. The van der Waals surface area contributed by atoms with Crippen LogP contribution in [-0.4, -0.2) is 91.4 Å². The number of benzene rings is 2. The van der Waals surface area contributed by atoms with Crippen molar-refractivity contribution in [2.24, 2.45) is 0 Å². The van der Waals surface area contributed by atoms with Crippen LogP contribution in [0.15, 0.2) is 6.07 Å². The smallest absolute Gasteiger partial charge is 0.471 e. The van der Waals surface area contributed by atoms with Crippen LogP contribution in [0.5, 0.6) is 28.7 Å². The van der Waals surface area contributed by atoms with E-state index in [2.05, 4.69) is 16.3 Å². The quantitative estimate of drug-likeness (QED) is 0.300. The minimum absolute atomic E-state index is 0.0935. The number of likely N-dealkylation sites (N-methyl/N-ethyl adjacent to an activating group) is 1. The number of nitrogens with zero attached hydrogens (tertiary/aromatic N) is 3. The number of carbonyl (C=O) groups is 4. The van der Waals surface area contributed by atoms with E-state index >= 15 is 0 Å². The fourth-order valence-corrected chi connectivity index (χ4v) is 8.27. The van der Waals surface area contributed by atoms with E-state index in [0.29, 0.717) is 45.9 Å². The summed E-state index contributed by atoms with van der Waals surface area (Å²) in [7, 11) is 3.36. The topological polar surface area (TPSA) is 169 Å². The third-order valence-electron chi connectivity index (χ3n) is 10.5. The lowest BCUT2D eigenvalue weighted by atomic mass is 9.71. The minimum atomic E-state index is -5.20. The van der Waals surface area contributed by atoms with Gasteiger partial charge < -0.3 is 34.3 Å². The molecule has 4 aliphatic heterocycles. The Bertz CT molecular complexity index is 1930. The fourth-order valence-electron chi connectivity index (χ4n) is 8.27. The molecule has 0 saturated carbocycles. The third-order valence-corrected chi connectivity index (χ3v) is 10.5. The number of fused-ring (bicyclic) bond motifs is 9. The van der Waals surface area contributed by atoms with E-state index in [1.54, 1.807) is 19.2 Å². The van der Waals surface area contributed by atoms with E-state index < -0.39 is 66.2 Å². The number of piperazine rings is 1. The van der Waals surface area contributed by atoms with Gasteiger partial charge in [0.2, 0.25) is 12.7 Å². The summed E-state index contributed by atoms with van der Waals surface area (Å²) in [5.74, 6) is -2.79. The van der Waals surface area contributed by atoms with Gasteiger partial charge in [0.25, 0.3) is 0 Å². The predicted molar refractivity (Wildman–Crippen MR) is 178 cm³/mol. The highest BCUT2D eigenvalue weighted by Crippen LogP contribution is 2.58. The molecule has 2 aromatic rings. The van der Waals surface area contributed by atoms with Gasteiger partial charge in [0.1, 0.15) is 17.8 Å². The molecule has 4 heterocycles. The van der Waals surface area contributed by atoms with Crippen LogP contribution in [-0.2, 0) is 32.0 Å². The number of carbonyl (C=O) groups excluding carboxylic acids is 4. The van der Waals surface area contributed by atoms with Crippen LogP contribution in [0.25, 0.3) is 0 Å². The molecule has 0 radical (unpaired) electrons. The molecule has 0 aliphatic carbocycles. The summed E-state index contributed by atoms with van der Waals surface area (Å²) in [5, 5.41) is 15.2. The number of amides is 2. The summed E-state index contributed by atoms with van der Waals surface area (Å²) in [6.07, 6.45) is -4.54. The number of hydrogen-bond acceptors (Lipinski definition) is 12. The zero-order chi connectivity index (χ0) is 38.7. The Morgan fingerprint density at radius 2 is 1.75 bits per heavy atom. The first kappa shape index (κ1) is 37.7. The summed E-state index contributed by atoms with van der Waals surface area (Å²) in [5.41, 5.74) is 3.79. The van der Waals surface area contributed by atoms with E-state index in [0.717, 1.165) is 18.1 Å². The van der Waals surface area contributed by atoms with Crippen LogP contribution in [0.4, 0.5) is 13.2 Å². The average Bonchev–Trinajstić information content (AvgIpc) is 3.59. The lowest BCUT2D eigenvalue weighted by Gasteiger charge is -2.60. The Labute approximate surface area is 303 Å². The summed E-state index contributed by atoms with van der Waals surface area (Å²) in [6.45, 7) is 7.19. The van der Waals surface area contributed by atoms with Gasteiger partial charge in [-0.2, -0.15) is 18.4 Å². The highest BCUT2D eigenvalue weighted by Gasteiger charge is 2.57. The fraction of sp³-hybridized carbons (Fsp3) is 0.528. The SMILES string of the molecule is CCC(=O)Oc1c(OC)c(C)cc2c1[C@@H]1C3Cc4c(OC(C)=O)c(C)c5c(c4[C@H](CNC(=O)[C@H](C)NC(=O)C(F)(F)F)N3[C@@H](C#N)[C@H](C2)N1C)OCO5. The first-order valence-corrected chi connectivity index (χ1v) is 17.1. The molecular weight excluding hydrogens is 703 g/mol. The zero-order valence-electron chi connectivity index (χ0n) is 30.2. The molecule has 2 N–H and O–H groups in total. The second-order valence-electron chi connectivity index (χ2n) is 13.6. The lowest BCUT2D eigenvalue weighted by molar-refractivity contribution is -0.174. The van der Waals surface area contributed by atoms with Crippen molar-refractivity contribution in [3.05, 3.63) is 39.4 Å². The molecule has 0 aromatic heterocycles. The van der Waals surface area contributed by atoms with Crippen molar-refractivity contribution in [3.63, 3.8) is 0 Å². The molecule has 284 valence electrons. The minimum Gasteiger partial charge on any atom is -0.493 e. The predicted octanol–water partition coefficient (Wildman–Crippen LogP) is 3.24. The van der Waals surface area contributed by atoms with E-state index in [-0.39, 0.29) is 37.7 Å². The Hall–Kier alpha value is -5.08. The van der Waals surface area contributed by atoms with E-state index in [1.165, 1.54) is 14.0 Å². The number of ether oxygens (including phenoxy) is 5. The number of esters is 2. The molecule has 6 atom stereocenters. The van der Waals surface area contributed by atoms with Gasteiger partial charge in [-0.3, -0.25) is 29.0 Å². The van der Waals surface area contributed by atoms with Crippen molar-refractivity contribution in [3.8, 4) is 34.8 Å². The molecule has 14 nitrogen and oxygen atoms in total. The maximum absolute atomic E-state index is 13.3. The molecule has 2 aromatic carbocycles. The second kappa shape index (κ2) is 14.0. The van der Waals surface area contributed by atoms with Crippen molar-refractivity contribution in [1.82, 2.24) is 20.4 Å². The largest absolute Gasteiger partial charge is 0.493 e. The number of methoxy groups -OCH3 is 1. The van der Waals surface area contributed by atoms with Crippen LogP contribution < -0.4 is 34.3 Å². The van der Waals surface area contributed by atoms with Crippen LogP contribution in [0.2, 0.25) is 0 Å². The second-order valence-corrected chi connectivity index (χ2v) is 13.6. The maximum Gasteiger partial charge on any atom is 0.471 e. The maximum atomic E-state index is 13.3. The Kier molecular flexibility index (Phi) is 9.99. The summed E-state index contributed by atoms with van der Waals surface area (Å²) >= 11 is 0. The lowest BCUT2D eigenvalue weighted by Crippen LogP contribution is -2.69. The number of halogens is 3. The first-order chi connectivity index (χ1) is 25.0. The van der Waals surface area contributed by atoms with E-state index in [4.69, 9.17) is 23.7 Å². The molecule has 4 aliphatic rings. The monoisotopic (exact) mass is 743 g/mol. The number of rotatable bonds is 8. The van der Waals surface area contributed by atoms with Crippen molar-refractivity contribution in [2.75, 3.05) is 27.5 Å². The molecule has 2 bridgehead atoms. The molecule has 1 fully saturated rings. The highest BCUT2D eigenvalue weighted by molar-refractivity contribution is 5.89. The number of nitriles is 1. The highest BCUT2D eigenvalue weighted by atomic mass is 19.4. The van der Waals surface area contributed by atoms with Gasteiger partial charge in [-0.25, -0.2) is 0 Å². The van der Waals surface area contributed by atoms with Gasteiger partial charge in [0.15, 0.2) is 23.0 Å². The van der Waals surface area contributed by atoms with Gasteiger partial charge in [0, 0.05) is 54.2 Å². The number of aryl methyl sites for hydroxylation is 1. The zero-order valence-corrected chi connectivity index (χ0v) is 30.2. The van der Waals surface area contributed by atoms with E-state index in [9.17, 15) is 37.6 Å². The Balaban J connectivity index is 1.55. The average molecular weight is 744 g/mol. The van der Waals surface area contributed by atoms with Crippen molar-refractivity contribution >= 4 is 23.8 Å². The molecule has 2 amide bonds. The Morgan fingerprint density at radius 3 is 2.38 bits per heavy atom. The third kappa shape index (κ3) is 6.37. The van der Waals surface area contributed by atoms with Crippen molar-refractivity contribution in [2.45, 2.75) is 96.3 Å². The normalized spacial score (nSPS) is 23.4. The number of hydrogen-bond donors (Lipinski definition) is 2. The molecule has 6 rings (SSSR count). The van der Waals surface area contributed by atoms with Gasteiger partial charge in [0.05, 0.1) is 25.3 Å². The van der Waals surface area contributed by atoms with Gasteiger partial charge in [-0.1, -0.05) is 13.0 Å². The van der Waals surface area contributed by atoms with Crippen molar-refractivity contribution < 1.29 is 56.0 Å². The molecule has 53 heavy (non-hydrogen) atoms. The molecule has 1 unspecified atom stereocenters. The molecule has 1 saturated heterocycles. The van der Waals surface area contributed by atoms with Crippen LogP contribution in [0, 0.1) is 25.2 Å². The Morgan fingerprint density at radius 1 is 1.06 bits per heavy atom. The van der Waals surface area contributed by atoms with Crippen molar-refractivity contribution in [1.29, 1.82) is 5.26 Å². The molecular formula is C36H40F3N5O9. The summed E-state index contributed by atoms with van der Waals surface area (Å²) in [6, 6.07) is -0.388. The number of nitrogens with one attached hydrogen (secondary N) is 2. The van der Waals surface area contributed by atoms with Gasteiger partial charge in [-0.05, 0) is 51.8 Å². The molecule has 0 spiro atoms. The summed E-state index contributed by atoms with van der Waals surface area (Å²) in [4.78, 5) is 54.4. The molecule has 17 heteroatoms. The van der Waals surface area contributed by atoms with E-state index in [1.807, 2.05) is 24.9 Å². The summed E-state index contributed by atoms with van der Waals surface area (Å²) < 4.78 is 68.5. The van der Waals surface area contributed by atoms with Crippen LogP contribution >= 0.6 is 0 Å². The van der Waals surface area contributed by atoms with Gasteiger partial charge in [-0.15, -0.1) is 0 Å². The standard InChI is InChI=1S/C36H40F3N5O9/c1-8-25(46)53-33-26-19(9-15(2)29(33)49-7)10-21-23(12-40)44-22(28(26)43(21)6)11-20-27(32-31(50-14-51-32)16(3)30(20)52-18(5)45)24(44)13-41-34(47)17(4)42-35(48)36(37,38)39/h9,17,21-24,28H,8,10-11,13-14H2,1-7H3,(H,41,47)(H,42,48)/t17-,21-,22?,23-,24-,28-/m0/s1. The van der Waals surface area contributed by atoms with Crippen LogP contribution in [0.1, 0.15) is 72.7 Å². The van der Waals surface area contributed by atoms with Gasteiger partial charge >= 0.3 is 24.0 Å².